The number of carbonyl (C=O) groups is 1. The van der Waals surface area contributed by atoms with E-state index < -0.39 is 21.7 Å². The zero-order valence-electron chi connectivity index (χ0n) is 13.4. The molecule has 8 heteroatoms. The molecule has 0 aliphatic carbocycles. The van der Waals surface area contributed by atoms with Gasteiger partial charge in [0.25, 0.3) is 5.91 Å². The number of rotatable bonds is 3. The van der Waals surface area contributed by atoms with Gasteiger partial charge in [0.05, 0.1) is 22.0 Å². The summed E-state index contributed by atoms with van der Waals surface area (Å²) < 4.78 is 39.5. The van der Waals surface area contributed by atoms with E-state index in [0.717, 1.165) is 11.6 Å². The van der Waals surface area contributed by atoms with Gasteiger partial charge in [0.1, 0.15) is 5.82 Å². The highest BCUT2D eigenvalue weighted by molar-refractivity contribution is 7.93. The van der Waals surface area contributed by atoms with Crippen molar-refractivity contribution in [3.63, 3.8) is 0 Å². The third kappa shape index (κ3) is 3.48. The van der Waals surface area contributed by atoms with Gasteiger partial charge in [-0.3, -0.25) is 9.10 Å². The highest BCUT2D eigenvalue weighted by Crippen LogP contribution is 2.30. The molecule has 1 aliphatic heterocycles. The third-order valence-corrected chi connectivity index (χ3v) is 6.20. The zero-order chi connectivity index (χ0) is 18.2. The number of benzene rings is 2. The highest BCUT2D eigenvalue weighted by Gasteiger charge is 2.29. The van der Waals surface area contributed by atoms with E-state index in [9.17, 15) is 17.6 Å². The van der Waals surface area contributed by atoms with Crippen LogP contribution in [0.25, 0.3) is 0 Å². The summed E-state index contributed by atoms with van der Waals surface area (Å²) in [7, 11) is -3.33. The van der Waals surface area contributed by atoms with Crippen LogP contribution in [0.3, 0.4) is 0 Å². The molecule has 1 heterocycles. The molecule has 0 radical (unpaired) electrons. The second-order valence-corrected chi connectivity index (χ2v) is 8.21. The minimum Gasteiger partial charge on any atom is -0.322 e. The average molecular weight is 383 g/mol. The first-order chi connectivity index (χ1) is 11.8. The fraction of sp³-hybridized carbons (Fsp3) is 0.235. The van der Waals surface area contributed by atoms with Crippen molar-refractivity contribution in [3.05, 3.63) is 58.4 Å². The molecule has 0 saturated carbocycles. The predicted octanol–water partition coefficient (Wildman–Crippen LogP) is 3.58. The second kappa shape index (κ2) is 6.65. The number of hydrogen-bond donors (Lipinski definition) is 1. The number of amides is 1. The van der Waals surface area contributed by atoms with Crippen LogP contribution >= 0.6 is 11.6 Å². The molecule has 1 saturated heterocycles. The Bertz CT molecular complexity index is 927. The number of hydrogen-bond acceptors (Lipinski definition) is 3. The first-order valence-corrected chi connectivity index (χ1v) is 9.65. The lowest BCUT2D eigenvalue weighted by molar-refractivity contribution is 0.102. The monoisotopic (exact) mass is 382 g/mol. The Balaban J connectivity index is 1.92. The van der Waals surface area contributed by atoms with Crippen molar-refractivity contribution in [1.29, 1.82) is 0 Å². The van der Waals surface area contributed by atoms with E-state index >= 15 is 0 Å². The van der Waals surface area contributed by atoms with Gasteiger partial charge in [0, 0.05) is 12.2 Å². The van der Waals surface area contributed by atoms with Crippen LogP contribution in [0.2, 0.25) is 5.02 Å². The maximum atomic E-state index is 13.9. The molecule has 3 rings (SSSR count). The summed E-state index contributed by atoms with van der Waals surface area (Å²) in [5, 5.41) is 2.58. The van der Waals surface area contributed by atoms with Gasteiger partial charge < -0.3 is 5.32 Å². The van der Waals surface area contributed by atoms with Crippen LogP contribution in [0.4, 0.5) is 15.8 Å². The molecule has 2 aromatic rings. The molecule has 1 fully saturated rings. The first kappa shape index (κ1) is 17.7. The molecule has 5 nitrogen and oxygen atoms in total. The smallest absolute Gasteiger partial charge is 0.260 e. The summed E-state index contributed by atoms with van der Waals surface area (Å²) in [5.74, 6) is -1.31. The summed E-state index contributed by atoms with van der Waals surface area (Å²) in [6.07, 6.45) is 0.559. The molecule has 0 bridgehead atoms. The van der Waals surface area contributed by atoms with Crippen LogP contribution in [0.1, 0.15) is 22.3 Å². The summed E-state index contributed by atoms with van der Waals surface area (Å²) in [6.45, 7) is 2.20. The lowest BCUT2D eigenvalue weighted by Gasteiger charge is -2.20. The van der Waals surface area contributed by atoms with E-state index in [4.69, 9.17) is 11.6 Å². The van der Waals surface area contributed by atoms with E-state index in [1.165, 1.54) is 16.4 Å². The minimum absolute atomic E-state index is 0.00644. The molecule has 25 heavy (non-hydrogen) atoms. The molecule has 0 atom stereocenters. The van der Waals surface area contributed by atoms with Crippen molar-refractivity contribution in [2.24, 2.45) is 0 Å². The quantitative estimate of drug-likeness (QED) is 0.882. The van der Waals surface area contributed by atoms with E-state index in [1.54, 1.807) is 25.1 Å². The molecule has 1 amide bonds. The fourth-order valence-electron chi connectivity index (χ4n) is 2.77. The van der Waals surface area contributed by atoms with Gasteiger partial charge in [-0.1, -0.05) is 23.7 Å². The third-order valence-electron chi connectivity index (χ3n) is 4.02. The van der Waals surface area contributed by atoms with Gasteiger partial charge in [-0.25, -0.2) is 12.8 Å². The largest absolute Gasteiger partial charge is 0.322 e. The van der Waals surface area contributed by atoms with Crippen molar-refractivity contribution in [2.75, 3.05) is 21.9 Å². The average Bonchev–Trinajstić information content (AvgIpc) is 2.88. The van der Waals surface area contributed by atoms with Crippen LogP contribution in [-0.4, -0.2) is 26.6 Å². The van der Waals surface area contributed by atoms with E-state index in [1.807, 2.05) is 0 Å². The normalized spacial score (nSPS) is 16.0. The van der Waals surface area contributed by atoms with Crippen LogP contribution in [0.15, 0.2) is 36.4 Å². The Morgan fingerprint density at radius 1 is 1.28 bits per heavy atom. The Morgan fingerprint density at radius 3 is 2.68 bits per heavy atom. The molecular formula is C17H16ClFN2O3S. The van der Waals surface area contributed by atoms with E-state index in [-0.39, 0.29) is 16.3 Å². The molecular weight excluding hydrogens is 367 g/mol. The van der Waals surface area contributed by atoms with E-state index in [2.05, 4.69) is 5.32 Å². The molecule has 0 unspecified atom stereocenters. The molecule has 0 spiro atoms. The summed E-state index contributed by atoms with van der Waals surface area (Å²) >= 11 is 5.90. The Labute approximate surface area is 150 Å². The lowest BCUT2D eigenvalue weighted by Crippen LogP contribution is -2.26. The van der Waals surface area contributed by atoms with Crippen molar-refractivity contribution in [1.82, 2.24) is 0 Å². The molecule has 1 N–H and O–H groups in total. The van der Waals surface area contributed by atoms with Crippen LogP contribution in [-0.2, 0) is 10.0 Å². The van der Waals surface area contributed by atoms with Crippen LogP contribution in [0, 0.1) is 12.7 Å². The number of sulfonamides is 1. The summed E-state index contributed by atoms with van der Waals surface area (Å²) in [4.78, 5) is 12.3. The van der Waals surface area contributed by atoms with Gasteiger partial charge in [0.15, 0.2) is 0 Å². The minimum atomic E-state index is -3.33. The Kier molecular flexibility index (Phi) is 4.71. The van der Waals surface area contributed by atoms with E-state index in [0.29, 0.717) is 24.3 Å². The zero-order valence-corrected chi connectivity index (χ0v) is 15.0. The first-order valence-electron chi connectivity index (χ1n) is 7.66. The summed E-state index contributed by atoms with van der Waals surface area (Å²) in [5.41, 5.74) is 1.40. The van der Waals surface area contributed by atoms with Gasteiger partial charge in [-0.15, -0.1) is 0 Å². The number of carbonyl (C=O) groups excluding carboxylic acids is 1. The number of aryl methyl sites for hydroxylation is 1. The number of anilines is 2. The lowest BCUT2D eigenvalue weighted by atomic mass is 10.1. The summed E-state index contributed by atoms with van der Waals surface area (Å²) in [6, 6.07) is 8.91. The second-order valence-electron chi connectivity index (χ2n) is 5.79. The Hall–Kier alpha value is -2.12. The van der Waals surface area contributed by atoms with Crippen LogP contribution in [0.5, 0.6) is 0 Å². The maximum absolute atomic E-state index is 13.9. The van der Waals surface area contributed by atoms with Crippen LogP contribution < -0.4 is 9.62 Å². The number of halogens is 2. The SMILES string of the molecule is Cc1ccc(NC(=O)c2c(F)cccc2Cl)cc1N1CCCS1(=O)=O. The van der Waals surface area contributed by atoms with Crippen molar-refractivity contribution in [3.8, 4) is 0 Å². The van der Waals surface area contributed by atoms with Gasteiger partial charge in [-0.05, 0) is 43.2 Å². The van der Waals surface area contributed by atoms with Gasteiger partial charge >= 0.3 is 0 Å². The molecule has 0 aromatic heterocycles. The molecule has 2 aromatic carbocycles. The fourth-order valence-corrected chi connectivity index (χ4v) is 4.64. The van der Waals surface area contributed by atoms with Gasteiger partial charge in [-0.2, -0.15) is 0 Å². The molecule has 1 aliphatic rings. The Morgan fingerprint density at radius 2 is 2.04 bits per heavy atom. The van der Waals surface area contributed by atoms with Crippen molar-refractivity contribution < 1.29 is 17.6 Å². The standard InChI is InChI=1S/C17H16ClFN2O3S/c1-11-6-7-12(10-15(11)21-8-3-9-25(21,23)24)20-17(22)16-13(18)4-2-5-14(16)19/h2,4-7,10H,3,8-9H2,1H3,(H,20,22). The number of nitrogens with one attached hydrogen (secondary N) is 1. The van der Waals surface area contributed by atoms with Gasteiger partial charge in [0.2, 0.25) is 10.0 Å². The molecule has 132 valence electrons. The number of nitrogens with zero attached hydrogens (tertiary/aromatic N) is 1. The highest BCUT2D eigenvalue weighted by atomic mass is 35.5. The van der Waals surface area contributed by atoms with Crippen molar-refractivity contribution >= 4 is 38.9 Å². The maximum Gasteiger partial charge on any atom is 0.260 e. The predicted molar refractivity (Wildman–Crippen MR) is 96.3 cm³/mol. The van der Waals surface area contributed by atoms with Crippen molar-refractivity contribution in [2.45, 2.75) is 13.3 Å². The topological polar surface area (TPSA) is 66.5 Å².